The Balaban J connectivity index is 0.000000192. The number of ether oxygens (including phenoxy) is 2. The molecule has 10 rings (SSSR count). The summed E-state index contributed by atoms with van der Waals surface area (Å²) in [7, 11) is 0. The predicted molar refractivity (Wildman–Crippen MR) is 265 cm³/mol. The van der Waals surface area contributed by atoms with Gasteiger partial charge in [-0.1, -0.05) is 27.7 Å². The van der Waals surface area contributed by atoms with Crippen molar-refractivity contribution >= 4 is 17.7 Å². The van der Waals surface area contributed by atoms with Crippen molar-refractivity contribution in [2.75, 3.05) is 39.5 Å². The van der Waals surface area contributed by atoms with Crippen molar-refractivity contribution in [3.05, 3.63) is 70.3 Å². The van der Waals surface area contributed by atoms with Crippen LogP contribution in [0.2, 0.25) is 0 Å². The first-order valence-electron chi connectivity index (χ1n) is 27.0. The van der Waals surface area contributed by atoms with Gasteiger partial charge in [-0.2, -0.15) is 49.7 Å². The fraction of sp³-hybridized carbons (Fsp3) is 0.648. The Morgan fingerprint density at radius 3 is 1.53 bits per heavy atom. The van der Waals surface area contributed by atoms with E-state index < -0.39 is 58.5 Å². The molecule has 2 saturated heterocycles. The van der Waals surface area contributed by atoms with E-state index in [-0.39, 0.29) is 112 Å². The lowest BCUT2D eigenvalue weighted by molar-refractivity contribution is -0.192. The number of nitrogens with one attached hydrogen (secondary N) is 3. The number of aromatic nitrogens is 6. The molecule has 4 aromatic rings. The van der Waals surface area contributed by atoms with Crippen LogP contribution in [0.15, 0.2) is 36.9 Å². The number of nitrogens with zero attached hydrogens (tertiary/aromatic N) is 7. The highest BCUT2D eigenvalue weighted by Gasteiger charge is 2.56. The minimum absolute atomic E-state index is 0.0535. The highest BCUT2D eigenvalue weighted by Crippen LogP contribution is 2.51. The van der Waals surface area contributed by atoms with Gasteiger partial charge in [0.05, 0.1) is 22.0 Å². The van der Waals surface area contributed by atoms with E-state index in [0.29, 0.717) is 47.1 Å². The molecule has 2 aromatic carbocycles. The lowest BCUT2D eigenvalue weighted by Crippen LogP contribution is -2.54. The molecule has 3 N–H and O–H groups in total. The summed E-state index contributed by atoms with van der Waals surface area (Å²) in [6, 6.07) is 3.65. The second-order valence-electron chi connectivity index (χ2n) is 22.5. The summed E-state index contributed by atoms with van der Waals surface area (Å²) in [4.78, 5) is 53.2. The molecule has 24 heteroatoms. The smallest absolute Gasteiger partial charge is 0.381 e. The molecule has 6 heterocycles. The fourth-order valence-corrected chi connectivity index (χ4v) is 13.2. The Labute approximate surface area is 446 Å². The molecular formula is C54H67F9N10O5. The zero-order chi connectivity index (χ0) is 56.0. The third-order valence-electron chi connectivity index (χ3n) is 17.5. The third kappa shape index (κ3) is 11.7. The van der Waals surface area contributed by atoms with Crippen LogP contribution in [-0.4, -0.2) is 133 Å². The van der Waals surface area contributed by atoms with Crippen LogP contribution in [0, 0.1) is 22.7 Å². The molecule has 0 bridgehead atoms. The van der Waals surface area contributed by atoms with Gasteiger partial charge in [-0.05, 0) is 135 Å². The molecule has 4 aliphatic heterocycles. The maximum Gasteiger partial charge on any atom is 0.471 e. The van der Waals surface area contributed by atoms with Gasteiger partial charge in [-0.25, -0.2) is 9.97 Å². The first kappa shape index (κ1) is 57.1. The van der Waals surface area contributed by atoms with E-state index in [0.717, 1.165) is 74.0 Å². The van der Waals surface area contributed by atoms with Crippen LogP contribution < -0.4 is 5.32 Å². The van der Waals surface area contributed by atoms with Gasteiger partial charge in [0.15, 0.2) is 11.6 Å². The van der Waals surface area contributed by atoms with Gasteiger partial charge in [0.2, 0.25) is 11.8 Å². The van der Waals surface area contributed by atoms with Crippen molar-refractivity contribution < 1.29 is 63.4 Å². The maximum absolute atomic E-state index is 14.2. The molecule has 426 valence electrons. The van der Waals surface area contributed by atoms with Gasteiger partial charge < -0.3 is 29.5 Å². The maximum atomic E-state index is 14.2. The quantitative estimate of drug-likeness (QED) is 0.130. The zero-order valence-corrected chi connectivity index (χ0v) is 44.1. The van der Waals surface area contributed by atoms with Crippen LogP contribution >= 0.6 is 0 Å². The second kappa shape index (κ2) is 22.5. The van der Waals surface area contributed by atoms with Crippen LogP contribution in [0.5, 0.6) is 0 Å². The molecule has 4 fully saturated rings. The lowest BCUT2D eigenvalue weighted by Gasteiger charge is -2.42. The van der Waals surface area contributed by atoms with Gasteiger partial charge in [0, 0.05) is 87.9 Å². The molecule has 2 aromatic heterocycles. The number of rotatable bonds is 10. The van der Waals surface area contributed by atoms with E-state index in [1.54, 1.807) is 4.90 Å². The van der Waals surface area contributed by atoms with Gasteiger partial charge in [-0.15, -0.1) is 0 Å². The van der Waals surface area contributed by atoms with Crippen molar-refractivity contribution in [1.82, 2.24) is 50.4 Å². The van der Waals surface area contributed by atoms with Crippen LogP contribution in [0.1, 0.15) is 125 Å². The first-order valence-corrected chi connectivity index (χ1v) is 27.0. The summed E-state index contributed by atoms with van der Waals surface area (Å²) in [5, 5.41) is 16.6. The van der Waals surface area contributed by atoms with E-state index in [1.807, 2.05) is 13.8 Å². The molecule has 0 spiro atoms. The van der Waals surface area contributed by atoms with Gasteiger partial charge in [0.1, 0.15) is 12.7 Å². The number of alkyl halides is 9. The number of hydrogen-bond acceptors (Lipinski definition) is 10. The summed E-state index contributed by atoms with van der Waals surface area (Å²) < 4.78 is 135. The molecular weight excluding hydrogens is 1040 g/mol. The molecule has 15 nitrogen and oxygen atoms in total. The van der Waals surface area contributed by atoms with Crippen LogP contribution in [-0.2, 0) is 62.1 Å². The summed E-state index contributed by atoms with van der Waals surface area (Å²) in [6.45, 7) is 10.7. The Morgan fingerprint density at radius 2 is 1.09 bits per heavy atom. The summed E-state index contributed by atoms with van der Waals surface area (Å²) >= 11 is 0. The highest BCUT2D eigenvalue weighted by atomic mass is 19.4. The van der Waals surface area contributed by atoms with E-state index in [1.165, 1.54) is 23.6 Å². The molecule has 0 radical (unpaired) electrons. The molecule has 4 atom stereocenters. The number of benzene rings is 2. The minimum Gasteiger partial charge on any atom is -0.381 e. The van der Waals surface area contributed by atoms with E-state index in [2.05, 4.69) is 49.5 Å². The van der Waals surface area contributed by atoms with E-state index in [4.69, 9.17) is 9.47 Å². The number of fused-ring (bicyclic) bond motifs is 2. The minimum atomic E-state index is -5.06. The Kier molecular flexibility index (Phi) is 16.5. The number of halogens is 9. The Bertz CT molecular complexity index is 2760. The average molecular weight is 1110 g/mol. The normalized spacial score (nSPS) is 24.5. The van der Waals surface area contributed by atoms with Crippen molar-refractivity contribution in [3.8, 4) is 22.8 Å². The SMILES string of the molecule is CC(C)[C@]1(C(=O)N2CCc3c(cc(C(F)(F)F)cc3-c3ncn[nH]3)C2)CC[C@@H](N(C(=O)C(F)(F)F)C2CCOCC2)C1.CC(C)[C@]1(C(=O)N2CCc3c(cc(C(F)(F)F)cc3-c3ncn[nH]3)C2)CC[C@@H](NC2CCOCC2)C1. The molecule has 2 saturated carbocycles. The van der Waals surface area contributed by atoms with Gasteiger partial charge in [0.25, 0.3) is 0 Å². The predicted octanol–water partition coefficient (Wildman–Crippen LogP) is 9.48. The number of aromatic amines is 2. The highest BCUT2D eigenvalue weighted by molar-refractivity contribution is 5.86. The number of amides is 3. The van der Waals surface area contributed by atoms with Crippen molar-refractivity contribution in [3.63, 3.8) is 0 Å². The largest absolute Gasteiger partial charge is 0.471 e. The summed E-state index contributed by atoms with van der Waals surface area (Å²) in [5.74, 6) is -1.78. The van der Waals surface area contributed by atoms with Gasteiger partial charge in [-0.3, -0.25) is 24.6 Å². The monoisotopic (exact) mass is 1110 g/mol. The van der Waals surface area contributed by atoms with Crippen molar-refractivity contribution in [1.29, 1.82) is 0 Å². The molecule has 2 aliphatic carbocycles. The Hall–Kier alpha value is -5.62. The first-order chi connectivity index (χ1) is 36.9. The average Bonchev–Trinajstić information content (AvgIpc) is 4.40. The lowest BCUT2D eigenvalue weighted by atomic mass is 9.73. The van der Waals surface area contributed by atoms with Crippen molar-refractivity contribution in [2.24, 2.45) is 22.7 Å². The van der Waals surface area contributed by atoms with Crippen LogP contribution in [0.4, 0.5) is 39.5 Å². The summed E-state index contributed by atoms with van der Waals surface area (Å²) in [6.07, 6.45) is -5.39. The third-order valence-corrected chi connectivity index (χ3v) is 17.5. The molecule has 0 unspecified atom stereocenters. The molecule has 3 amide bonds. The number of carbonyl (C=O) groups excluding carboxylic acids is 3. The molecule has 78 heavy (non-hydrogen) atoms. The van der Waals surface area contributed by atoms with Crippen LogP contribution in [0.25, 0.3) is 22.8 Å². The standard InChI is InChI=1S/C28H33F6N5O3.C26H34F3N5O2/c1-16(2)26(7-3-20(13-26)39(25(41)28(32,33)34)19-5-9-42-10-6-19)24(40)38-8-4-21-17(14-38)11-18(27(29,30)31)12-22(21)23-35-15-36-37-23;1-16(2)25(7-3-20(13-25)32-19-5-9-36-10-6-19)24(35)34-8-4-21-17(14-34)11-18(26(27,28)29)12-22(21)23-30-15-31-33-23/h11-12,15-16,19-20H,3-10,13-14H2,1-2H3,(H,35,36,37);11-12,15-16,19-20,32H,3-10,13-14H2,1-2H3,(H,30,31,33)/t20-,26+;20-,25+/m11/s1. The number of carbonyl (C=O) groups is 3. The topological polar surface area (TPSA) is 175 Å². The number of hydrogen-bond donors (Lipinski definition) is 3. The van der Waals surface area contributed by atoms with Gasteiger partial charge >= 0.3 is 24.4 Å². The summed E-state index contributed by atoms with van der Waals surface area (Å²) in [5.41, 5.74) is -0.207. The fourth-order valence-electron chi connectivity index (χ4n) is 13.2. The number of H-pyrrole nitrogens is 2. The second-order valence-corrected chi connectivity index (χ2v) is 22.5. The van der Waals surface area contributed by atoms with Crippen molar-refractivity contribution in [2.45, 2.75) is 161 Å². The van der Waals surface area contributed by atoms with E-state index >= 15 is 0 Å². The molecule has 6 aliphatic rings. The van der Waals surface area contributed by atoms with Crippen LogP contribution in [0.3, 0.4) is 0 Å². The zero-order valence-electron chi connectivity index (χ0n) is 44.1. The van der Waals surface area contributed by atoms with E-state index in [9.17, 15) is 53.9 Å². The Morgan fingerprint density at radius 1 is 0.628 bits per heavy atom.